The first kappa shape index (κ1) is 8.17. The van der Waals surface area contributed by atoms with E-state index in [0.29, 0.717) is 6.54 Å². The standard InChI is InChI=1S/C6H12N2O/c1-3-5-6(9)8(7)4-2/h3,5H,4,7H2,1-2H3/b5-3+. The predicted octanol–water partition coefficient (Wildman–Crippen LogP) is 0.285. The van der Waals surface area contributed by atoms with E-state index in [1.165, 1.54) is 6.08 Å². The molecule has 0 spiro atoms. The molecule has 0 radical (unpaired) electrons. The Labute approximate surface area is 55.1 Å². The Kier molecular flexibility index (Phi) is 3.71. The van der Waals surface area contributed by atoms with E-state index in [2.05, 4.69) is 0 Å². The second-order valence-electron chi connectivity index (χ2n) is 1.62. The van der Waals surface area contributed by atoms with E-state index in [-0.39, 0.29) is 5.91 Å². The van der Waals surface area contributed by atoms with Crippen LogP contribution in [0.3, 0.4) is 0 Å². The van der Waals surface area contributed by atoms with Crippen molar-refractivity contribution in [3.63, 3.8) is 0 Å². The van der Waals surface area contributed by atoms with Crippen LogP contribution in [0.5, 0.6) is 0 Å². The average molecular weight is 128 g/mol. The third-order valence-electron chi connectivity index (χ3n) is 0.933. The van der Waals surface area contributed by atoms with Gasteiger partial charge in [0.2, 0.25) is 0 Å². The number of nitrogens with two attached hydrogens (primary N) is 1. The van der Waals surface area contributed by atoms with Crippen molar-refractivity contribution in [2.45, 2.75) is 13.8 Å². The van der Waals surface area contributed by atoms with Gasteiger partial charge in [-0.15, -0.1) is 0 Å². The molecular formula is C6H12N2O. The molecule has 0 aromatic rings. The molecule has 0 saturated heterocycles. The zero-order valence-corrected chi connectivity index (χ0v) is 5.79. The maximum atomic E-state index is 10.7. The van der Waals surface area contributed by atoms with E-state index in [4.69, 9.17) is 5.84 Å². The molecule has 0 aromatic carbocycles. The lowest BCUT2D eigenvalue weighted by atomic mass is 10.5. The summed E-state index contributed by atoms with van der Waals surface area (Å²) in [6.45, 7) is 4.14. The third-order valence-corrected chi connectivity index (χ3v) is 0.933. The van der Waals surface area contributed by atoms with Crippen LogP contribution in [-0.2, 0) is 4.79 Å². The highest BCUT2D eigenvalue weighted by molar-refractivity contribution is 5.86. The van der Waals surface area contributed by atoms with Gasteiger partial charge in [-0.05, 0) is 13.8 Å². The van der Waals surface area contributed by atoms with Gasteiger partial charge in [-0.1, -0.05) is 6.08 Å². The van der Waals surface area contributed by atoms with Crippen molar-refractivity contribution < 1.29 is 4.79 Å². The van der Waals surface area contributed by atoms with Crippen molar-refractivity contribution in [3.8, 4) is 0 Å². The van der Waals surface area contributed by atoms with Crippen LogP contribution in [0.4, 0.5) is 0 Å². The molecule has 0 atom stereocenters. The fraction of sp³-hybridized carbons (Fsp3) is 0.500. The third kappa shape index (κ3) is 2.87. The van der Waals surface area contributed by atoms with Crippen LogP contribution in [0.15, 0.2) is 12.2 Å². The van der Waals surface area contributed by atoms with Crippen LogP contribution in [0.25, 0.3) is 0 Å². The van der Waals surface area contributed by atoms with Crippen LogP contribution < -0.4 is 5.84 Å². The van der Waals surface area contributed by atoms with E-state index >= 15 is 0 Å². The van der Waals surface area contributed by atoms with E-state index in [0.717, 1.165) is 5.01 Å². The van der Waals surface area contributed by atoms with Gasteiger partial charge in [-0.2, -0.15) is 0 Å². The van der Waals surface area contributed by atoms with Gasteiger partial charge in [0.1, 0.15) is 0 Å². The van der Waals surface area contributed by atoms with Crippen molar-refractivity contribution in [3.05, 3.63) is 12.2 Å². The van der Waals surface area contributed by atoms with Crippen LogP contribution in [-0.4, -0.2) is 17.5 Å². The number of likely N-dealkylation sites (N-methyl/N-ethyl adjacent to an activating group) is 1. The number of allylic oxidation sites excluding steroid dienone is 1. The number of carbonyl (C=O) groups excluding carboxylic acids is 1. The highest BCUT2D eigenvalue weighted by Crippen LogP contribution is 1.80. The summed E-state index contributed by atoms with van der Waals surface area (Å²) in [7, 11) is 0. The van der Waals surface area contributed by atoms with Crippen molar-refractivity contribution in [1.82, 2.24) is 5.01 Å². The monoisotopic (exact) mass is 128 g/mol. The highest BCUT2D eigenvalue weighted by atomic mass is 16.2. The summed E-state index contributed by atoms with van der Waals surface area (Å²) in [5, 5.41) is 1.15. The van der Waals surface area contributed by atoms with Crippen LogP contribution in [0, 0.1) is 0 Å². The van der Waals surface area contributed by atoms with Crippen LogP contribution in [0.1, 0.15) is 13.8 Å². The Hall–Kier alpha value is -0.830. The summed E-state index contributed by atoms with van der Waals surface area (Å²) in [5.74, 6) is 5.08. The molecular weight excluding hydrogens is 116 g/mol. The van der Waals surface area contributed by atoms with Gasteiger partial charge < -0.3 is 0 Å². The SMILES string of the molecule is C/C=C/C(=O)N(N)CC. The quantitative estimate of drug-likeness (QED) is 0.251. The largest absolute Gasteiger partial charge is 0.277 e. The topological polar surface area (TPSA) is 46.3 Å². The first-order chi connectivity index (χ1) is 4.22. The van der Waals surface area contributed by atoms with Gasteiger partial charge in [-0.3, -0.25) is 9.80 Å². The van der Waals surface area contributed by atoms with Gasteiger partial charge in [-0.25, -0.2) is 5.84 Å². The number of hydrogen-bond donors (Lipinski definition) is 1. The lowest BCUT2D eigenvalue weighted by molar-refractivity contribution is -0.126. The molecule has 0 aliphatic rings. The summed E-state index contributed by atoms with van der Waals surface area (Å²) in [5.41, 5.74) is 0. The molecule has 0 aliphatic heterocycles. The summed E-state index contributed by atoms with van der Waals surface area (Å²) in [6.07, 6.45) is 3.10. The van der Waals surface area contributed by atoms with Crippen molar-refractivity contribution in [1.29, 1.82) is 0 Å². The molecule has 9 heavy (non-hydrogen) atoms. The molecule has 0 rings (SSSR count). The maximum absolute atomic E-state index is 10.7. The number of hydrogen-bond acceptors (Lipinski definition) is 2. The molecule has 2 N–H and O–H groups in total. The Morgan fingerprint density at radius 1 is 1.78 bits per heavy atom. The van der Waals surface area contributed by atoms with Crippen LogP contribution >= 0.6 is 0 Å². The van der Waals surface area contributed by atoms with Gasteiger partial charge in [0.25, 0.3) is 5.91 Å². The zero-order valence-electron chi connectivity index (χ0n) is 5.79. The lowest BCUT2D eigenvalue weighted by Gasteiger charge is -2.09. The molecule has 3 nitrogen and oxygen atoms in total. The van der Waals surface area contributed by atoms with Crippen molar-refractivity contribution in [2.75, 3.05) is 6.54 Å². The minimum atomic E-state index is -0.153. The van der Waals surface area contributed by atoms with E-state index in [1.54, 1.807) is 13.0 Å². The molecule has 52 valence electrons. The summed E-state index contributed by atoms with van der Waals surface area (Å²) in [6, 6.07) is 0. The summed E-state index contributed by atoms with van der Waals surface area (Å²) >= 11 is 0. The molecule has 0 heterocycles. The number of hydrazine groups is 1. The molecule has 3 heteroatoms. The number of nitrogens with zero attached hydrogens (tertiary/aromatic N) is 1. The Morgan fingerprint density at radius 3 is 2.67 bits per heavy atom. The minimum Gasteiger partial charge on any atom is -0.277 e. The summed E-state index contributed by atoms with van der Waals surface area (Å²) < 4.78 is 0. The maximum Gasteiger partial charge on any atom is 0.260 e. The first-order valence-corrected chi connectivity index (χ1v) is 2.91. The molecule has 0 bridgehead atoms. The van der Waals surface area contributed by atoms with E-state index in [9.17, 15) is 4.79 Å². The van der Waals surface area contributed by atoms with Crippen molar-refractivity contribution >= 4 is 5.91 Å². The molecule has 1 amide bonds. The molecule has 0 saturated carbocycles. The van der Waals surface area contributed by atoms with Gasteiger partial charge in [0.15, 0.2) is 0 Å². The normalized spacial score (nSPS) is 10.1. The van der Waals surface area contributed by atoms with Gasteiger partial charge in [0.05, 0.1) is 0 Å². The Balaban J connectivity index is 3.73. The van der Waals surface area contributed by atoms with Crippen LogP contribution in [0.2, 0.25) is 0 Å². The molecule has 0 fully saturated rings. The van der Waals surface area contributed by atoms with E-state index in [1.807, 2.05) is 6.92 Å². The number of rotatable bonds is 2. The zero-order chi connectivity index (χ0) is 7.28. The number of amides is 1. The fourth-order valence-corrected chi connectivity index (χ4v) is 0.394. The smallest absolute Gasteiger partial charge is 0.260 e. The Bertz CT molecular complexity index is 120. The predicted molar refractivity (Wildman–Crippen MR) is 36.4 cm³/mol. The molecule has 0 unspecified atom stereocenters. The second kappa shape index (κ2) is 4.09. The minimum absolute atomic E-state index is 0.153. The molecule has 0 aliphatic carbocycles. The molecule has 0 aromatic heterocycles. The van der Waals surface area contributed by atoms with Gasteiger partial charge >= 0.3 is 0 Å². The number of carbonyl (C=O) groups is 1. The van der Waals surface area contributed by atoms with Crippen molar-refractivity contribution in [2.24, 2.45) is 5.84 Å². The van der Waals surface area contributed by atoms with E-state index < -0.39 is 0 Å². The van der Waals surface area contributed by atoms with Gasteiger partial charge in [0, 0.05) is 12.6 Å². The highest BCUT2D eigenvalue weighted by Gasteiger charge is 1.98. The Morgan fingerprint density at radius 2 is 2.33 bits per heavy atom. The average Bonchev–Trinajstić information content (AvgIpc) is 1.87. The fourth-order valence-electron chi connectivity index (χ4n) is 0.394. The first-order valence-electron chi connectivity index (χ1n) is 2.91. The summed E-state index contributed by atoms with van der Waals surface area (Å²) in [4.78, 5) is 10.7. The lowest BCUT2D eigenvalue weighted by Crippen LogP contribution is -2.35. The second-order valence-corrected chi connectivity index (χ2v) is 1.62.